The Morgan fingerprint density at radius 3 is 2.08 bits per heavy atom. The average Bonchev–Trinajstić information content (AvgIpc) is 2.72. The highest BCUT2D eigenvalue weighted by Crippen LogP contribution is 2.38. The number of nitrogens with zero attached hydrogens (tertiary/aromatic N) is 1. The van der Waals surface area contributed by atoms with Gasteiger partial charge in [-0.15, -0.1) is 0 Å². The Kier molecular flexibility index (Phi) is 6.61. The average molecular weight is 347 g/mol. The van der Waals surface area contributed by atoms with Crippen LogP contribution < -0.4 is 0 Å². The molecule has 26 heavy (non-hydrogen) atoms. The maximum absolute atomic E-state index is 12.1. The van der Waals surface area contributed by atoms with Crippen LogP contribution in [0.25, 0.3) is 11.1 Å². The van der Waals surface area contributed by atoms with E-state index in [0.717, 1.165) is 17.9 Å². The van der Waals surface area contributed by atoms with Crippen molar-refractivity contribution in [1.82, 2.24) is 0 Å². The summed E-state index contributed by atoms with van der Waals surface area (Å²) in [6, 6.07) is 18.8. The standard InChI is InChI=1S/C24H26FN/c25-17-3-1-2-4-19-5-9-21(10-6-19)23-13-15-24(16-14-23)22-11-7-20(18-26)8-12-22/h1,3,7-8,11-16,19,21H,2,4-6,9-10,17H2/b3-1+. The highest BCUT2D eigenvalue weighted by atomic mass is 19.1. The zero-order valence-electron chi connectivity index (χ0n) is 15.2. The number of hydrogen-bond acceptors (Lipinski definition) is 1. The first-order valence-electron chi connectivity index (χ1n) is 9.61. The van der Waals surface area contributed by atoms with Gasteiger partial charge < -0.3 is 0 Å². The van der Waals surface area contributed by atoms with Crippen LogP contribution in [0.3, 0.4) is 0 Å². The van der Waals surface area contributed by atoms with Crippen LogP contribution in [0, 0.1) is 17.2 Å². The Morgan fingerprint density at radius 1 is 0.885 bits per heavy atom. The maximum atomic E-state index is 12.1. The molecule has 0 aliphatic heterocycles. The smallest absolute Gasteiger partial charge is 0.108 e. The third-order valence-corrected chi connectivity index (χ3v) is 5.57. The summed E-state index contributed by atoms with van der Waals surface area (Å²) in [7, 11) is 0. The third-order valence-electron chi connectivity index (χ3n) is 5.57. The molecule has 3 rings (SSSR count). The Labute approximate surface area is 156 Å². The van der Waals surface area contributed by atoms with Crippen LogP contribution in [0.2, 0.25) is 0 Å². The van der Waals surface area contributed by atoms with E-state index >= 15 is 0 Å². The summed E-state index contributed by atoms with van der Waals surface area (Å²) in [5.41, 5.74) is 4.49. The second-order valence-electron chi connectivity index (χ2n) is 7.23. The molecule has 0 bridgehead atoms. The fourth-order valence-corrected chi connectivity index (χ4v) is 3.98. The van der Waals surface area contributed by atoms with Crippen molar-refractivity contribution in [3.8, 4) is 17.2 Å². The fourth-order valence-electron chi connectivity index (χ4n) is 3.98. The van der Waals surface area contributed by atoms with Gasteiger partial charge in [0.2, 0.25) is 0 Å². The van der Waals surface area contributed by atoms with E-state index in [2.05, 4.69) is 30.3 Å². The topological polar surface area (TPSA) is 23.8 Å². The van der Waals surface area contributed by atoms with Crippen LogP contribution in [0.15, 0.2) is 60.7 Å². The lowest BCUT2D eigenvalue weighted by Gasteiger charge is -2.28. The van der Waals surface area contributed by atoms with E-state index in [9.17, 15) is 4.39 Å². The number of rotatable bonds is 6. The first-order valence-corrected chi connectivity index (χ1v) is 9.61. The summed E-state index contributed by atoms with van der Waals surface area (Å²) in [4.78, 5) is 0. The van der Waals surface area contributed by atoms with Gasteiger partial charge in [-0.3, -0.25) is 0 Å². The number of halogens is 1. The van der Waals surface area contributed by atoms with Crippen LogP contribution in [0.5, 0.6) is 0 Å². The van der Waals surface area contributed by atoms with Crippen molar-refractivity contribution in [2.45, 2.75) is 44.4 Å². The van der Waals surface area contributed by atoms with Crippen LogP contribution in [-0.2, 0) is 0 Å². The SMILES string of the molecule is N#Cc1ccc(-c2ccc(C3CCC(CC/C=C/CF)CC3)cc2)cc1. The minimum absolute atomic E-state index is 0.342. The Bertz CT molecular complexity index is 744. The predicted octanol–water partition coefficient (Wildman–Crippen LogP) is 6.80. The highest BCUT2D eigenvalue weighted by Gasteiger charge is 2.21. The summed E-state index contributed by atoms with van der Waals surface area (Å²) in [5, 5.41) is 8.90. The number of nitriles is 1. The molecule has 0 spiro atoms. The molecule has 1 saturated carbocycles. The van der Waals surface area contributed by atoms with Crippen LogP contribution in [-0.4, -0.2) is 6.67 Å². The lowest BCUT2D eigenvalue weighted by atomic mass is 9.77. The quantitative estimate of drug-likeness (QED) is 0.527. The van der Waals surface area contributed by atoms with E-state index in [-0.39, 0.29) is 6.67 Å². The molecule has 1 fully saturated rings. The molecule has 1 nitrogen and oxygen atoms in total. The molecule has 0 amide bonds. The lowest BCUT2D eigenvalue weighted by molar-refractivity contribution is 0.312. The van der Waals surface area contributed by atoms with E-state index < -0.39 is 0 Å². The number of benzene rings is 2. The summed E-state index contributed by atoms with van der Waals surface area (Å²) >= 11 is 0. The largest absolute Gasteiger partial charge is 0.247 e. The molecule has 0 atom stereocenters. The first-order chi connectivity index (χ1) is 12.8. The molecule has 1 aliphatic carbocycles. The van der Waals surface area contributed by atoms with Gasteiger partial charge in [0.05, 0.1) is 11.6 Å². The van der Waals surface area contributed by atoms with Crippen molar-refractivity contribution < 1.29 is 4.39 Å². The molecule has 0 aromatic heterocycles. The Balaban J connectivity index is 1.54. The molecule has 1 aliphatic rings. The zero-order valence-corrected chi connectivity index (χ0v) is 15.2. The van der Waals surface area contributed by atoms with Crippen molar-refractivity contribution >= 4 is 0 Å². The monoisotopic (exact) mass is 347 g/mol. The normalized spacial score (nSPS) is 20.2. The molecular formula is C24H26FN. The summed E-state index contributed by atoms with van der Waals surface area (Å²) in [6.45, 7) is -0.342. The molecule has 2 aromatic rings. The lowest BCUT2D eigenvalue weighted by Crippen LogP contribution is -2.13. The van der Waals surface area contributed by atoms with Crippen LogP contribution in [0.1, 0.15) is 55.6 Å². The zero-order chi connectivity index (χ0) is 18.2. The van der Waals surface area contributed by atoms with Gasteiger partial charge in [-0.25, -0.2) is 4.39 Å². The molecule has 2 aromatic carbocycles. The summed E-state index contributed by atoms with van der Waals surface area (Å²) < 4.78 is 12.1. The second kappa shape index (κ2) is 9.34. The van der Waals surface area contributed by atoms with E-state index in [0.29, 0.717) is 11.5 Å². The first kappa shape index (κ1) is 18.4. The van der Waals surface area contributed by atoms with Gasteiger partial charge in [-0.1, -0.05) is 48.6 Å². The van der Waals surface area contributed by atoms with Crippen molar-refractivity contribution in [3.05, 3.63) is 71.8 Å². The van der Waals surface area contributed by atoms with Crippen LogP contribution in [0.4, 0.5) is 4.39 Å². The molecule has 0 radical (unpaired) electrons. The minimum atomic E-state index is -0.342. The molecule has 0 saturated heterocycles. The van der Waals surface area contributed by atoms with Gasteiger partial charge in [-0.2, -0.15) is 5.26 Å². The molecule has 0 N–H and O–H groups in total. The van der Waals surface area contributed by atoms with Gasteiger partial charge in [0.1, 0.15) is 6.67 Å². The van der Waals surface area contributed by atoms with Crippen LogP contribution >= 0.6 is 0 Å². The number of allylic oxidation sites excluding steroid dienone is 2. The van der Waals surface area contributed by atoms with Crippen molar-refractivity contribution in [3.63, 3.8) is 0 Å². The Hall–Kier alpha value is -2.40. The fraction of sp³-hybridized carbons (Fsp3) is 0.375. The van der Waals surface area contributed by atoms with Gasteiger partial charge in [0.15, 0.2) is 0 Å². The van der Waals surface area contributed by atoms with E-state index in [1.54, 1.807) is 6.08 Å². The number of hydrogen-bond donors (Lipinski definition) is 0. The second-order valence-corrected chi connectivity index (χ2v) is 7.23. The predicted molar refractivity (Wildman–Crippen MR) is 106 cm³/mol. The number of alkyl halides is 1. The summed E-state index contributed by atoms with van der Waals surface area (Å²) in [5.74, 6) is 1.47. The van der Waals surface area contributed by atoms with Gasteiger partial charge in [0, 0.05) is 0 Å². The minimum Gasteiger partial charge on any atom is -0.247 e. The van der Waals surface area contributed by atoms with Crippen molar-refractivity contribution in [1.29, 1.82) is 5.26 Å². The summed E-state index contributed by atoms with van der Waals surface area (Å²) in [6.07, 6.45) is 10.9. The molecule has 0 heterocycles. The van der Waals surface area contributed by atoms with E-state index in [1.165, 1.54) is 43.2 Å². The molecule has 134 valence electrons. The molecule has 2 heteroatoms. The Morgan fingerprint density at radius 2 is 1.50 bits per heavy atom. The van der Waals surface area contributed by atoms with E-state index in [4.69, 9.17) is 5.26 Å². The maximum Gasteiger partial charge on any atom is 0.108 e. The van der Waals surface area contributed by atoms with Gasteiger partial charge in [0.25, 0.3) is 0 Å². The van der Waals surface area contributed by atoms with Crippen molar-refractivity contribution in [2.75, 3.05) is 6.67 Å². The van der Waals surface area contributed by atoms with Gasteiger partial charge in [-0.05, 0) is 79.2 Å². The van der Waals surface area contributed by atoms with E-state index in [1.807, 2.05) is 30.3 Å². The highest BCUT2D eigenvalue weighted by molar-refractivity contribution is 5.64. The third kappa shape index (κ3) is 4.82. The van der Waals surface area contributed by atoms with Crippen molar-refractivity contribution in [2.24, 2.45) is 5.92 Å². The molecule has 0 unspecified atom stereocenters. The van der Waals surface area contributed by atoms with Gasteiger partial charge >= 0.3 is 0 Å². The molecular weight excluding hydrogens is 321 g/mol.